The number of fused-ring (bicyclic) bond motifs is 1. The Kier molecular flexibility index (Phi) is 3.55. The zero-order chi connectivity index (χ0) is 13.9. The number of pyridine rings is 1. The lowest BCUT2D eigenvalue weighted by atomic mass is 10.1. The average molecular weight is 287 g/mol. The molecule has 0 saturated carbocycles. The summed E-state index contributed by atoms with van der Waals surface area (Å²) < 4.78 is 6.34. The average Bonchev–Trinajstić information content (AvgIpc) is 2.96. The molecule has 0 spiro atoms. The Morgan fingerprint density at radius 1 is 1.30 bits per heavy atom. The zero-order valence-electron chi connectivity index (χ0n) is 10.8. The molecule has 6 nitrogen and oxygen atoms in total. The molecular weight excluding hydrogens is 274 g/mol. The monoisotopic (exact) mass is 287 g/mol. The van der Waals surface area contributed by atoms with Crippen LogP contribution in [0.25, 0.3) is 10.2 Å². The molecule has 7 heteroatoms. The maximum atomic E-state index is 5.68. The fourth-order valence-corrected chi connectivity index (χ4v) is 2.83. The molecule has 0 aliphatic rings. The minimum Gasteiger partial charge on any atom is -0.480 e. The number of methoxy groups -OCH3 is 1. The lowest BCUT2D eigenvalue weighted by molar-refractivity contribution is 0.383. The Morgan fingerprint density at radius 3 is 2.95 bits per heavy atom. The Hall–Kier alpha value is -2.09. The van der Waals surface area contributed by atoms with Gasteiger partial charge in [0.05, 0.1) is 23.4 Å². The van der Waals surface area contributed by atoms with Crippen LogP contribution in [-0.4, -0.2) is 22.1 Å². The molecule has 3 N–H and O–H groups in total. The first kappa shape index (κ1) is 12.9. The minimum atomic E-state index is -0.322. The first-order valence-electron chi connectivity index (χ1n) is 5.97. The highest BCUT2D eigenvalue weighted by Crippen LogP contribution is 2.28. The van der Waals surface area contributed by atoms with Gasteiger partial charge >= 0.3 is 0 Å². The summed E-state index contributed by atoms with van der Waals surface area (Å²) >= 11 is 1.64. The topological polar surface area (TPSA) is 86.0 Å². The van der Waals surface area contributed by atoms with E-state index in [1.807, 2.05) is 17.5 Å². The highest BCUT2D eigenvalue weighted by atomic mass is 32.1. The highest BCUT2D eigenvalue weighted by Gasteiger charge is 2.20. The first-order valence-corrected chi connectivity index (χ1v) is 6.85. The summed E-state index contributed by atoms with van der Waals surface area (Å²) in [5.41, 5.74) is 5.27. The third-order valence-corrected chi connectivity index (χ3v) is 3.83. The Morgan fingerprint density at radius 2 is 2.15 bits per heavy atom. The summed E-state index contributed by atoms with van der Waals surface area (Å²) in [7, 11) is 1.56. The number of thiophene rings is 1. The van der Waals surface area contributed by atoms with Crippen molar-refractivity contribution in [3.05, 3.63) is 47.4 Å². The van der Waals surface area contributed by atoms with Gasteiger partial charge in [-0.15, -0.1) is 11.3 Å². The molecule has 3 heterocycles. The maximum absolute atomic E-state index is 5.68. The second kappa shape index (κ2) is 5.49. The van der Waals surface area contributed by atoms with Gasteiger partial charge < -0.3 is 4.74 Å². The van der Waals surface area contributed by atoms with E-state index in [9.17, 15) is 0 Å². The van der Waals surface area contributed by atoms with Crippen LogP contribution in [-0.2, 0) is 0 Å². The molecule has 20 heavy (non-hydrogen) atoms. The van der Waals surface area contributed by atoms with Crippen LogP contribution in [0.5, 0.6) is 5.88 Å². The first-order chi connectivity index (χ1) is 9.83. The van der Waals surface area contributed by atoms with Gasteiger partial charge in [0, 0.05) is 18.6 Å². The molecule has 0 radical (unpaired) electrons. The molecular formula is C13H13N5OS. The highest BCUT2D eigenvalue weighted by molar-refractivity contribution is 7.17. The lowest BCUT2D eigenvalue weighted by Gasteiger charge is -2.17. The van der Waals surface area contributed by atoms with Crippen molar-refractivity contribution in [2.75, 3.05) is 7.11 Å². The van der Waals surface area contributed by atoms with E-state index in [1.54, 1.807) is 37.0 Å². The van der Waals surface area contributed by atoms with Crippen LogP contribution in [0.3, 0.4) is 0 Å². The van der Waals surface area contributed by atoms with Crippen LogP contribution in [0.1, 0.15) is 17.3 Å². The van der Waals surface area contributed by atoms with E-state index in [1.165, 1.54) is 0 Å². The molecule has 0 saturated heterocycles. The predicted octanol–water partition coefficient (Wildman–Crippen LogP) is 1.65. The molecule has 0 bridgehead atoms. The maximum Gasteiger partial charge on any atom is 0.237 e. The van der Waals surface area contributed by atoms with Crippen molar-refractivity contribution in [3.63, 3.8) is 0 Å². The number of ether oxygens (including phenoxy) is 1. The van der Waals surface area contributed by atoms with Gasteiger partial charge in [0.1, 0.15) is 5.69 Å². The Balaban J connectivity index is 2.08. The Labute approximate surface area is 119 Å². The zero-order valence-corrected chi connectivity index (χ0v) is 11.6. The number of nitrogens with one attached hydrogen (secondary N) is 1. The number of hydrogen-bond donors (Lipinski definition) is 2. The van der Waals surface area contributed by atoms with Gasteiger partial charge in [0.15, 0.2) is 0 Å². The third kappa shape index (κ3) is 2.22. The number of hydrogen-bond acceptors (Lipinski definition) is 7. The van der Waals surface area contributed by atoms with E-state index >= 15 is 0 Å². The molecule has 3 aromatic heterocycles. The summed E-state index contributed by atoms with van der Waals surface area (Å²) in [4.78, 5) is 12.9. The van der Waals surface area contributed by atoms with Crippen molar-refractivity contribution in [2.45, 2.75) is 6.04 Å². The van der Waals surface area contributed by atoms with E-state index in [0.29, 0.717) is 11.6 Å². The van der Waals surface area contributed by atoms with Crippen LogP contribution in [0, 0.1) is 0 Å². The van der Waals surface area contributed by atoms with Gasteiger partial charge in [-0.2, -0.15) is 0 Å². The van der Waals surface area contributed by atoms with Crippen molar-refractivity contribution in [1.82, 2.24) is 20.4 Å². The van der Waals surface area contributed by atoms with Gasteiger partial charge in [0.2, 0.25) is 5.88 Å². The van der Waals surface area contributed by atoms with Crippen molar-refractivity contribution >= 4 is 21.6 Å². The fraction of sp³-hybridized carbons (Fsp3) is 0.154. The lowest BCUT2D eigenvalue weighted by Crippen LogP contribution is -2.30. The van der Waals surface area contributed by atoms with Crippen LogP contribution in [0.4, 0.5) is 0 Å². The molecule has 0 fully saturated rings. The summed E-state index contributed by atoms with van der Waals surface area (Å²) in [6.45, 7) is 0. The number of nitrogens with zero attached hydrogens (tertiary/aromatic N) is 3. The quantitative estimate of drug-likeness (QED) is 0.560. The van der Waals surface area contributed by atoms with E-state index in [0.717, 1.165) is 15.8 Å². The summed E-state index contributed by atoms with van der Waals surface area (Å²) in [6.07, 6.45) is 4.98. The number of rotatable bonds is 4. The van der Waals surface area contributed by atoms with Crippen molar-refractivity contribution in [1.29, 1.82) is 0 Å². The third-order valence-electron chi connectivity index (χ3n) is 2.98. The number of aromatic nitrogens is 3. The van der Waals surface area contributed by atoms with Crippen LogP contribution < -0.4 is 16.0 Å². The van der Waals surface area contributed by atoms with Crippen LogP contribution in [0.2, 0.25) is 0 Å². The van der Waals surface area contributed by atoms with E-state index < -0.39 is 0 Å². The fourth-order valence-electron chi connectivity index (χ4n) is 2.04. The van der Waals surface area contributed by atoms with Crippen LogP contribution >= 0.6 is 11.3 Å². The molecule has 0 aliphatic heterocycles. The second-order valence-corrected chi connectivity index (χ2v) is 5.07. The second-order valence-electron chi connectivity index (χ2n) is 4.12. The molecule has 3 aromatic rings. The summed E-state index contributed by atoms with van der Waals surface area (Å²) in [5, 5.41) is 2.01. The summed E-state index contributed by atoms with van der Waals surface area (Å²) in [5.74, 6) is 6.13. The van der Waals surface area contributed by atoms with Crippen molar-refractivity contribution in [3.8, 4) is 5.88 Å². The van der Waals surface area contributed by atoms with Crippen molar-refractivity contribution in [2.24, 2.45) is 5.84 Å². The van der Waals surface area contributed by atoms with Gasteiger partial charge in [-0.3, -0.25) is 15.8 Å². The van der Waals surface area contributed by atoms with E-state index in [4.69, 9.17) is 10.6 Å². The van der Waals surface area contributed by atoms with Gasteiger partial charge in [0.25, 0.3) is 0 Å². The van der Waals surface area contributed by atoms with E-state index in [2.05, 4.69) is 20.4 Å². The largest absolute Gasteiger partial charge is 0.480 e. The predicted molar refractivity (Wildman–Crippen MR) is 77.4 cm³/mol. The molecule has 0 amide bonds. The van der Waals surface area contributed by atoms with Crippen LogP contribution in [0.15, 0.2) is 36.1 Å². The minimum absolute atomic E-state index is 0.322. The molecule has 0 aromatic carbocycles. The van der Waals surface area contributed by atoms with Crippen molar-refractivity contribution < 1.29 is 4.74 Å². The number of hydrazine groups is 1. The molecule has 3 rings (SSSR count). The molecule has 102 valence electrons. The smallest absolute Gasteiger partial charge is 0.237 e. The Bertz CT molecular complexity index is 729. The SMILES string of the molecule is COc1nccnc1C(NN)c1cnc2ccsc2c1. The van der Waals surface area contributed by atoms with Gasteiger partial charge in [-0.1, -0.05) is 0 Å². The molecule has 1 atom stereocenters. The van der Waals surface area contributed by atoms with Gasteiger partial charge in [-0.05, 0) is 23.1 Å². The molecule has 1 unspecified atom stereocenters. The van der Waals surface area contributed by atoms with Gasteiger partial charge in [-0.25, -0.2) is 10.4 Å². The molecule has 0 aliphatic carbocycles. The number of nitrogens with two attached hydrogens (primary N) is 1. The standard InChI is InChI=1S/C13H13N5OS/c1-19-13-12(15-3-4-16-13)11(18-14)8-6-10-9(17-7-8)2-5-20-10/h2-7,11,18H,14H2,1H3. The van der Waals surface area contributed by atoms with E-state index in [-0.39, 0.29) is 6.04 Å². The normalized spacial score (nSPS) is 12.5. The summed E-state index contributed by atoms with van der Waals surface area (Å²) in [6, 6.07) is 3.71.